The lowest BCUT2D eigenvalue weighted by atomic mass is 9.96. The van der Waals surface area contributed by atoms with Crippen molar-refractivity contribution in [1.82, 2.24) is 0 Å². The van der Waals surface area contributed by atoms with E-state index >= 15 is 0 Å². The van der Waals surface area contributed by atoms with Gasteiger partial charge in [0.25, 0.3) is 0 Å². The summed E-state index contributed by atoms with van der Waals surface area (Å²) in [6.07, 6.45) is 0.310. The lowest BCUT2D eigenvalue weighted by Gasteiger charge is -2.07. The molecule has 92 valence electrons. The highest BCUT2D eigenvalue weighted by Crippen LogP contribution is 2.15. The summed E-state index contributed by atoms with van der Waals surface area (Å²) in [6.45, 7) is 3.94. The van der Waals surface area contributed by atoms with Crippen LogP contribution >= 0.6 is 0 Å². The van der Waals surface area contributed by atoms with Crippen LogP contribution in [-0.4, -0.2) is 5.78 Å². The second kappa shape index (κ2) is 5.13. The average Bonchev–Trinajstić information content (AvgIpc) is 2.35. The van der Waals surface area contributed by atoms with E-state index < -0.39 is 0 Å². The number of ketones is 1. The Kier molecular flexibility index (Phi) is 3.56. The van der Waals surface area contributed by atoms with Crippen LogP contribution in [0.4, 0.5) is 4.39 Å². The number of Topliss-reactive ketones (excluding diaryl/α,β-unsaturated/α-hetero) is 1. The van der Waals surface area contributed by atoms with Gasteiger partial charge in [0.05, 0.1) is 0 Å². The minimum Gasteiger partial charge on any atom is -0.294 e. The first-order valence-electron chi connectivity index (χ1n) is 5.92. The molecule has 0 aromatic heterocycles. The Bertz CT molecular complexity index is 570. The van der Waals surface area contributed by atoms with Gasteiger partial charge >= 0.3 is 0 Å². The van der Waals surface area contributed by atoms with E-state index in [0.29, 0.717) is 6.42 Å². The van der Waals surface area contributed by atoms with Crippen molar-refractivity contribution in [3.63, 3.8) is 0 Å². The minimum atomic E-state index is -0.280. The highest BCUT2D eigenvalue weighted by atomic mass is 19.1. The van der Waals surface area contributed by atoms with Crippen LogP contribution < -0.4 is 0 Å². The molecule has 0 N–H and O–H groups in total. The molecule has 18 heavy (non-hydrogen) atoms. The van der Waals surface area contributed by atoms with Crippen LogP contribution in [0.2, 0.25) is 0 Å². The summed E-state index contributed by atoms with van der Waals surface area (Å²) in [4.78, 5) is 12.2. The predicted molar refractivity (Wildman–Crippen MR) is 70.4 cm³/mol. The molecule has 0 atom stereocenters. The molecule has 0 aliphatic carbocycles. The summed E-state index contributed by atoms with van der Waals surface area (Å²) in [5.74, 6) is -0.208. The Hall–Kier alpha value is -1.96. The molecule has 1 nitrogen and oxygen atoms in total. The fourth-order valence-electron chi connectivity index (χ4n) is 1.94. The van der Waals surface area contributed by atoms with E-state index in [-0.39, 0.29) is 11.6 Å². The average molecular weight is 242 g/mol. The van der Waals surface area contributed by atoms with E-state index in [1.54, 1.807) is 12.1 Å². The molecule has 0 aliphatic heterocycles. The van der Waals surface area contributed by atoms with Gasteiger partial charge in [-0.2, -0.15) is 0 Å². The van der Waals surface area contributed by atoms with Gasteiger partial charge in [-0.15, -0.1) is 0 Å². The van der Waals surface area contributed by atoms with Gasteiger partial charge in [-0.1, -0.05) is 30.3 Å². The molecule has 2 aromatic rings. The molecule has 0 amide bonds. The Morgan fingerprint density at radius 2 is 1.72 bits per heavy atom. The van der Waals surface area contributed by atoms with E-state index in [1.165, 1.54) is 12.1 Å². The van der Waals surface area contributed by atoms with E-state index in [0.717, 1.165) is 22.3 Å². The van der Waals surface area contributed by atoms with Crippen molar-refractivity contribution >= 4 is 5.78 Å². The first-order chi connectivity index (χ1) is 8.58. The van der Waals surface area contributed by atoms with Crippen LogP contribution in [0.3, 0.4) is 0 Å². The highest BCUT2D eigenvalue weighted by Gasteiger charge is 2.10. The standard InChI is InChI=1S/C16H15FO/c1-11-4-3-5-15(12(11)2)16(18)10-13-6-8-14(17)9-7-13/h3-9H,10H2,1-2H3. The van der Waals surface area contributed by atoms with Gasteiger partial charge in [0.1, 0.15) is 5.82 Å². The second-order valence-electron chi connectivity index (χ2n) is 4.47. The minimum absolute atomic E-state index is 0.0720. The van der Waals surface area contributed by atoms with Gasteiger partial charge in [-0.25, -0.2) is 4.39 Å². The van der Waals surface area contributed by atoms with Crippen molar-refractivity contribution in [2.24, 2.45) is 0 Å². The number of halogens is 1. The topological polar surface area (TPSA) is 17.1 Å². The Labute approximate surface area is 106 Å². The summed E-state index contributed by atoms with van der Waals surface area (Å²) in [6, 6.07) is 11.8. The fourth-order valence-corrected chi connectivity index (χ4v) is 1.94. The number of aryl methyl sites for hydroxylation is 1. The molecule has 2 heteroatoms. The zero-order valence-corrected chi connectivity index (χ0v) is 10.5. The molecule has 2 aromatic carbocycles. The molecule has 0 aliphatic rings. The lowest BCUT2D eigenvalue weighted by Crippen LogP contribution is -2.06. The maximum atomic E-state index is 12.8. The number of carbonyl (C=O) groups excluding carboxylic acids is 1. The Morgan fingerprint density at radius 3 is 2.39 bits per heavy atom. The number of rotatable bonds is 3. The zero-order chi connectivity index (χ0) is 13.1. The molecule has 0 unspecified atom stereocenters. The molecule has 0 spiro atoms. The van der Waals surface area contributed by atoms with Crippen molar-refractivity contribution in [2.75, 3.05) is 0 Å². The van der Waals surface area contributed by atoms with Crippen LogP contribution in [-0.2, 0) is 6.42 Å². The molecular weight excluding hydrogens is 227 g/mol. The molecule has 0 radical (unpaired) electrons. The first-order valence-corrected chi connectivity index (χ1v) is 5.92. The van der Waals surface area contributed by atoms with Crippen molar-refractivity contribution in [1.29, 1.82) is 0 Å². The van der Waals surface area contributed by atoms with E-state index in [1.807, 2.05) is 32.0 Å². The van der Waals surface area contributed by atoms with Crippen LogP contribution in [0.15, 0.2) is 42.5 Å². The van der Waals surface area contributed by atoms with Crippen LogP contribution in [0, 0.1) is 19.7 Å². The third-order valence-corrected chi connectivity index (χ3v) is 3.18. The molecular formula is C16H15FO. The number of carbonyl (C=O) groups is 1. The van der Waals surface area contributed by atoms with Gasteiger partial charge in [-0.05, 0) is 42.7 Å². The van der Waals surface area contributed by atoms with Crippen LogP contribution in [0.25, 0.3) is 0 Å². The zero-order valence-electron chi connectivity index (χ0n) is 10.5. The molecule has 0 bridgehead atoms. The first kappa shape index (κ1) is 12.5. The molecule has 0 heterocycles. The van der Waals surface area contributed by atoms with Gasteiger partial charge in [0.15, 0.2) is 5.78 Å². The second-order valence-corrected chi connectivity index (χ2v) is 4.47. The Morgan fingerprint density at radius 1 is 1.06 bits per heavy atom. The van der Waals surface area contributed by atoms with E-state index in [2.05, 4.69) is 0 Å². The van der Waals surface area contributed by atoms with Crippen LogP contribution in [0.1, 0.15) is 27.0 Å². The molecule has 0 saturated carbocycles. The quantitative estimate of drug-likeness (QED) is 0.747. The maximum Gasteiger partial charge on any atom is 0.167 e. The Balaban J connectivity index is 2.22. The van der Waals surface area contributed by atoms with Gasteiger partial charge < -0.3 is 0 Å². The van der Waals surface area contributed by atoms with Crippen molar-refractivity contribution in [3.8, 4) is 0 Å². The summed E-state index contributed by atoms with van der Waals surface area (Å²) in [5.41, 5.74) is 3.71. The third kappa shape index (κ3) is 2.65. The normalized spacial score (nSPS) is 10.4. The summed E-state index contributed by atoms with van der Waals surface area (Å²) < 4.78 is 12.8. The number of hydrogen-bond donors (Lipinski definition) is 0. The fraction of sp³-hybridized carbons (Fsp3) is 0.188. The van der Waals surface area contributed by atoms with Gasteiger partial charge in [0, 0.05) is 12.0 Å². The molecule has 2 rings (SSSR count). The maximum absolute atomic E-state index is 12.8. The monoisotopic (exact) mass is 242 g/mol. The van der Waals surface area contributed by atoms with E-state index in [4.69, 9.17) is 0 Å². The van der Waals surface area contributed by atoms with Crippen molar-refractivity contribution in [3.05, 3.63) is 70.5 Å². The molecule has 0 fully saturated rings. The summed E-state index contributed by atoms with van der Waals surface area (Å²) in [7, 11) is 0. The van der Waals surface area contributed by atoms with Gasteiger partial charge in [0.2, 0.25) is 0 Å². The summed E-state index contributed by atoms with van der Waals surface area (Å²) in [5, 5.41) is 0. The third-order valence-electron chi connectivity index (χ3n) is 3.18. The van der Waals surface area contributed by atoms with Crippen molar-refractivity contribution in [2.45, 2.75) is 20.3 Å². The van der Waals surface area contributed by atoms with E-state index in [9.17, 15) is 9.18 Å². The molecule has 0 saturated heterocycles. The number of hydrogen-bond acceptors (Lipinski definition) is 1. The predicted octanol–water partition coefficient (Wildman–Crippen LogP) is 3.87. The SMILES string of the molecule is Cc1cccc(C(=O)Cc2ccc(F)cc2)c1C. The summed E-state index contributed by atoms with van der Waals surface area (Å²) >= 11 is 0. The smallest absolute Gasteiger partial charge is 0.167 e. The highest BCUT2D eigenvalue weighted by molar-refractivity contribution is 5.99. The lowest BCUT2D eigenvalue weighted by molar-refractivity contribution is 0.0992. The number of benzene rings is 2. The van der Waals surface area contributed by atoms with Crippen LogP contribution in [0.5, 0.6) is 0 Å². The largest absolute Gasteiger partial charge is 0.294 e. The van der Waals surface area contributed by atoms with Gasteiger partial charge in [-0.3, -0.25) is 4.79 Å². The van der Waals surface area contributed by atoms with Crippen molar-refractivity contribution < 1.29 is 9.18 Å².